The van der Waals surface area contributed by atoms with E-state index in [1.165, 1.54) is 153 Å². The maximum Gasteiger partial charge on any atom is 0.416 e. The highest BCUT2D eigenvalue weighted by Gasteiger charge is 2.31. The first-order valence-corrected chi connectivity index (χ1v) is 48.0. The highest BCUT2D eigenvalue weighted by atomic mass is 19.4. The summed E-state index contributed by atoms with van der Waals surface area (Å²) >= 11 is 0. The summed E-state index contributed by atoms with van der Waals surface area (Å²) < 4.78 is 45.6. The summed E-state index contributed by atoms with van der Waals surface area (Å²) in [5.41, 5.74) is 31.6. The molecule has 0 fully saturated rings. The molecule has 2 heterocycles. The summed E-state index contributed by atoms with van der Waals surface area (Å²) in [5, 5.41) is 19.1. The summed E-state index contributed by atoms with van der Waals surface area (Å²) in [7, 11) is 0. The molecule has 0 aliphatic heterocycles. The van der Waals surface area contributed by atoms with Gasteiger partial charge in [-0.3, -0.25) is 0 Å². The van der Waals surface area contributed by atoms with Crippen molar-refractivity contribution >= 4 is 142 Å². The SMILES string of the molecule is Cc1ccc(-c2ccc3c(c2)c2cc(N(c4ccc(-c5ccc6ccccc6c5)cc4)c4ccc(-c5c6ccccc6c(-c6ccccc6)c6ccccc56)cc4)ccc2n3-c2ccccc2)cc1.FC(F)(F)c1ccc(-c2ccc3c(c2)c2cc(N(c4ccc(-c5ccc6ccccc6c5)cc4)c4ccc(-c5c6ccccc6c(-c6ccccc6)c6ccccc56)cc4)ccc2n3-c2ccccc2)cc1. The van der Waals surface area contributed by atoms with Crippen molar-refractivity contribution in [3.8, 4) is 100 Å². The highest BCUT2D eigenvalue weighted by Crippen LogP contribution is 2.51. The van der Waals surface area contributed by atoms with Crippen molar-refractivity contribution in [1.29, 1.82) is 0 Å². The fraction of sp³-hybridized carbons (Fsp3) is 0.0149. The Bertz CT molecular complexity index is 9170. The summed E-state index contributed by atoms with van der Waals surface area (Å²) in [4.78, 5) is 4.73. The number of hydrogen-bond acceptors (Lipinski definition) is 2. The molecule has 7 heteroatoms. The molecule has 2 aromatic heterocycles. The molecule has 666 valence electrons. The number of anilines is 6. The Balaban J connectivity index is 0.000000149. The van der Waals surface area contributed by atoms with E-state index in [0.717, 1.165) is 102 Å². The van der Waals surface area contributed by atoms with Crippen molar-refractivity contribution in [1.82, 2.24) is 9.13 Å². The molecular weight excluding hydrogens is 1720 g/mol. The van der Waals surface area contributed by atoms with Gasteiger partial charge in [-0.2, -0.15) is 13.2 Å². The minimum absolute atomic E-state index is 0.668. The maximum atomic E-state index is 13.6. The molecule has 0 spiro atoms. The first-order valence-electron chi connectivity index (χ1n) is 48.0. The van der Waals surface area contributed by atoms with Crippen molar-refractivity contribution in [2.45, 2.75) is 13.1 Å². The number of benzene rings is 24. The van der Waals surface area contributed by atoms with Gasteiger partial charge >= 0.3 is 6.18 Å². The molecule has 0 aliphatic carbocycles. The molecule has 0 unspecified atom stereocenters. The van der Waals surface area contributed by atoms with Crippen LogP contribution in [0.5, 0.6) is 0 Å². The van der Waals surface area contributed by atoms with E-state index < -0.39 is 11.7 Å². The third-order valence-corrected chi connectivity index (χ3v) is 28.2. The fourth-order valence-electron chi connectivity index (χ4n) is 21.5. The molecule has 141 heavy (non-hydrogen) atoms. The topological polar surface area (TPSA) is 16.3 Å². The second-order valence-corrected chi connectivity index (χ2v) is 36.5. The van der Waals surface area contributed by atoms with Gasteiger partial charge in [0.15, 0.2) is 0 Å². The van der Waals surface area contributed by atoms with Crippen LogP contribution in [-0.2, 0) is 6.18 Å². The summed E-state index contributed by atoms with van der Waals surface area (Å²) in [6.45, 7) is 2.14. The fourth-order valence-corrected chi connectivity index (χ4v) is 21.5. The van der Waals surface area contributed by atoms with Crippen LogP contribution < -0.4 is 9.80 Å². The average Bonchev–Trinajstić information content (AvgIpc) is 1.39. The lowest BCUT2D eigenvalue weighted by molar-refractivity contribution is -0.137. The molecule has 0 amide bonds. The molecule has 0 atom stereocenters. The minimum Gasteiger partial charge on any atom is -0.310 e. The van der Waals surface area contributed by atoms with Crippen molar-refractivity contribution in [2.24, 2.45) is 0 Å². The van der Waals surface area contributed by atoms with Gasteiger partial charge in [0.2, 0.25) is 0 Å². The third kappa shape index (κ3) is 15.5. The predicted molar refractivity (Wildman–Crippen MR) is 589 cm³/mol. The van der Waals surface area contributed by atoms with Gasteiger partial charge in [0.1, 0.15) is 0 Å². The number of para-hydroxylation sites is 2. The highest BCUT2D eigenvalue weighted by molar-refractivity contribution is 6.24. The van der Waals surface area contributed by atoms with Crippen molar-refractivity contribution in [3.63, 3.8) is 0 Å². The number of nitrogens with zero attached hydrogens (tertiary/aromatic N) is 4. The number of aryl methyl sites for hydroxylation is 1. The van der Waals surface area contributed by atoms with Crippen LogP contribution in [0.3, 0.4) is 0 Å². The van der Waals surface area contributed by atoms with Gasteiger partial charge in [-0.25, -0.2) is 0 Å². The molecule has 24 aromatic carbocycles. The number of fused-ring (bicyclic) bond motifs is 12. The van der Waals surface area contributed by atoms with Gasteiger partial charge < -0.3 is 18.9 Å². The normalized spacial score (nSPS) is 11.7. The van der Waals surface area contributed by atoms with Gasteiger partial charge in [-0.1, -0.05) is 370 Å². The first-order chi connectivity index (χ1) is 69.5. The molecule has 26 aromatic rings. The Hall–Kier alpha value is -18.2. The van der Waals surface area contributed by atoms with Crippen LogP contribution in [0.2, 0.25) is 0 Å². The lowest BCUT2D eigenvalue weighted by atomic mass is 9.86. The Morgan fingerprint density at radius 3 is 0.716 bits per heavy atom. The van der Waals surface area contributed by atoms with Gasteiger partial charge in [0, 0.05) is 67.0 Å². The number of alkyl halides is 3. The summed E-state index contributed by atoms with van der Waals surface area (Å²) in [6.07, 6.45) is -4.41. The van der Waals surface area contributed by atoms with E-state index in [0.29, 0.717) is 5.56 Å². The van der Waals surface area contributed by atoms with Crippen LogP contribution in [0.15, 0.2) is 522 Å². The first kappa shape index (κ1) is 84.6. The molecule has 0 radical (unpaired) electrons. The van der Waals surface area contributed by atoms with E-state index in [1.807, 2.05) is 24.3 Å². The second-order valence-electron chi connectivity index (χ2n) is 36.5. The quantitative estimate of drug-likeness (QED) is 0.0897. The zero-order chi connectivity index (χ0) is 94.2. The Kier molecular flexibility index (Phi) is 21.3. The van der Waals surface area contributed by atoms with E-state index in [9.17, 15) is 13.2 Å². The molecule has 0 aliphatic rings. The molecule has 0 N–H and O–H groups in total. The van der Waals surface area contributed by atoms with Crippen LogP contribution in [-0.4, -0.2) is 9.13 Å². The Morgan fingerprint density at radius 2 is 0.397 bits per heavy atom. The van der Waals surface area contributed by atoms with E-state index in [2.05, 4.69) is 499 Å². The molecule has 0 bridgehead atoms. The number of hydrogen-bond donors (Lipinski definition) is 0. The Morgan fingerprint density at radius 1 is 0.170 bits per heavy atom. The Labute approximate surface area is 815 Å². The van der Waals surface area contributed by atoms with E-state index in [4.69, 9.17) is 0 Å². The smallest absolute Gasteiger partial charge is 0.310 e. The number of aromatic nitrogens is 2. The van der Waals surface area contributed by atoms with E-state index in [1.54, 1.807) is 12.1 Å². The predicted octanol–water partition coefficient (Wildman–Crippen LogP) is 38.1. The van der Waals surface area contributed by atoms with Crippen molar-refractivity contribution in [3.05, 3.63) is 533 Å². The molecule has 0 saturated heterocycles. The summed E-state index contributed by atoms with van der Waals surface area (Å²) in [6, 6.07) is 185. The maximum absolute atomic E-state index is 13.6. The monoisotopic (exact) mass is 1810 g/mol. The third-order valence-electron chi connectivity index (χ3n) is 28.2. The van der Waals surface area contributed by atoms with Crippen LogP contribution in [0.1, 0.15) is 11.1 Å². The van der Waals surface area contributed by atoms with E-state index in [-0.39, 0.29) is 0 Å². The van der Waals surface area contributed by atoms with Crippen LogP contribution >= 0.6 is 0 Å². The number of halogens is 3. The molecule has 26 rings (SSSR count). The van der Waals surface area contributed by atoms with E-state index >= 15 is 0 Å². The van der Waals surface area contributed by atoms with Gasteiger partial charge in [0.25, 0.3) is 0 Å². The van der Waals surface area contributed by atoms with Crippen molar-refractivity contribution in [2.75, 3.05) is 9.80 Å². The molecule has 0 saturated carbocycles. The van der Waals surface area contributed by atoms with Gasteiger partial charge in [-0.15, -0.1) is 0 Å². The lowest BCUT2D eigenvalue weighted by Crippen LogP contribution is -2.10. The second kappa shape index (κ2) is 35.5. The summed E-state index contributed by atoms with van der Waals surface area (Å²) in [5.74, 6) is 0. The van der Waals surface area contributed by atoms with Crippen molar-refractivity contribution < 1.29 is 13.2 Å². The minimum atomic E-state index is -4.41. The van der Waals surface area contributed by atoms with Crippen LogP contribution in [0, 0.1) is 6.92 Å². The zero-order valence-corrected chi connectivity index (χ0v) is 77.1. The molecular formula is C134H89F3N4. The van der Waals surface area contributed by atoms with Crippen LogP contribution in [0.4, 0.5) is 47.3 Å². The van der Waals surface area contributed by atoms with Crippen LogP contribution in [0.25, 0.3) is 209 Å². The average molecular weight is 1810 g/mol. The molecule has 4 nitrogen and oxygen atoms in total. The zero-order valence-electron chi connectivity index (χ0n) is 77.1. The largest absolute Gasteiger partial charge is 0.416 e. The standard InChI is InChI=1S/C67H43F3N2.C67H46N2/c68-67(69,70)52-32-25-45(26-33-52)51-31-39-63-61(42-51)62-43-56(38-40-64(62)72(63)53-17-5-2-6-18-53)71(54-34-27-46(28-35-54)50-24-23-44-13-7-8-16-49(44)41-50)55-36-29-48(30-37-55)66-59-21-11-9-19-57(59)65(47-14-3-1-4-15-47)58-20-10-12-22-60(58)66;1-45-24-26-47(27-25-45)53-34-40-64-62(43-53)63-44-57(39-41-65(63)69(64)54-18-6-3-7-19-54)68(55-35-30-48(31-36-55)52-29-28-46-14-8-9-17-51(46)42-52)56-37-32-50(33-38-56)67-60-22-12-10-20-58(60)66(49-15-4-2-5-16-49)59-21-11-13-23-61(59)67/h1-43H;2-44H,1H3. The van der Waals surface area contributed by atoms with Gasteiger partial charge in [-0.05, 0) is 318 Å². The number of rotatable bonds is 16. The van der Waals surface area contributed by atoms with Gasteiger partial charge in [0.05, 0.1) is 27.6 Å². The lowest BCUT2D eigenvalue weighted by Gasteiger charge is -2.26.